The largest absolute Gasteiger partial charge is 0.372 e. The molecule has 1 aliphatic heterocycles. The Bertz CT molecular complexity index is 759. The number of hydrogen-bond donors (Lipinski definition) is 1. The Morgan fingerprint density at radius 1 is 1.24 bits per heavy atom. The third-order valence-corrected chi connectivity index (χ3v) is 5.69. The van der Waals surface area contributed by atoms with Crippen LogP contribution >= 0.6 is 34.2 Å². The molecule has 1 aromatic carbocycles. The van der Waals surface area contributed by atoms with Crippen molar-refractivity contribution in [3.05, 3.63) is 50.8 Å². The molecule has 0 bridgehead atoms. The highest BCUT2D eigenvalue weighted by Crippen LogP contribution is 2.24. The highest BCUT2D eigenvalue weighted by Gasteiger charge is 2.22. The Morgan fingerprint density at radius 3 is 2.52 bits per heavy atom. The molecule has 1 aromatic heterocycles. The fourth-order valence-electron chi connectivity index (χ4n) is 2.91. The lowest BCUT2D eigenvalue weighted by Crippen LogP contribution is -2.45. The molecule has 0 aliphatic carbocycles. The fourth-order valence-corrected chi connectivity index (χ4v) is 3.62. The Hall–Kier alpha value is -1.38. The number of benzene rings is 1. The van der Waals surface area contributed by atoms with Crippen LogP contribution in [0.2, 0.25) is 5.02 Å². The van der Waals surface area contributed by atoms with Crippen molar-refractivity contribution in [1.29, 1.82) is 0 Å². The number of aromatic nitrogens is 1. The van der Waals surface area contributed by atoms with Gasteiger partial charge in [0.2, 0.25) is 0 Å². The van der Waals surface area contributed by atoms with E-state index in [-0.39, 0.29) is 18.1 Å². The lowest BCUT2D eigenvalue weighted by molar-refractivity contribution is -0.00521. The van der Waals surface area contributed by atoms with Gasteiger partial charge in [-0.3, -0.25) is 4.79 Å². The number of rotatable bonds is 3. The van der Waals surface area contributed by atoms with E-state index in [1.165, 1.54) is 6.20 Å². The van der Waals surface area contributed by atoms with E-state index in [2.05, 4.69) is 29.0 Å². The first-order chi connectivity index (χ1) is 11.9. The van der Waals surface area contributed by atoms with Gasteiger partial charge in [-0.15, -0.1) is 0 Å². The summed E-state index contributed by atoms with van der Waals surface area (Å²) in [6, 6.07) is 9.48. The molecule has 0 saturated carbocycles. The van der Waals surface area contributed by atoms with Gasteiger partial charge in [0.15, 0.2) is 0 Å². The van der Waals surface area contributed by atoms with Crippen LogP contribution in [0.1, 0.15) is 24.3 Å². The monoisotopic (exact) mass is 471 g/mol. The molecular formula is C18H19ClIN3O2. The zero-order chi connectivity index (χ0) is 18.0. The molecule has 1 N–H and O–H groups in total. The molecule has 1 aliphatic rings. The first kappa shape index (κ1) is 18.4. The maximum atomic E-state index is 12.4. The number of morpholine rings is 1. The van der Waals surface area contributed by atoms with Crippen molar-refractivity contribution in [2.24, 2.45) is 0 Å². The molecule has 25 heavy (non-hydrogen) atoms. The van der Waals surface area contributed by atoms with Crippen molar-refractivity contribution in [2.45, 2.75) is 26.1 Å². The Labute approximate surface area is 165 Å². The Morgan fingerprint density at radius 2 is 1.88 bits per heavy atom. The maximum absolute atomic E-state index is 12.4. The molecule has 1 fully saturated rings. The van der Waals surface area contributed by atoms with Crippen molar-refractivity contribution in [3.8, 4) is 0 Å². The van der Waals surface area contributed by atoms with Crippen LogP contribution in [0.15, 0.2) is 36.5 Å². The smallest absolute Gasteiger partial charge is 0.275 e. The summed E-state index contributed by atoms with van der Waals surface area (Å²) in [5, 5.41) is 3.39. The van der Waals surface area contributed by atoms with Gasteiger partial charge in [0, 0.05) is 30.7 Å². The molecule has 0 unspecified atom stereocenters. The van der Waals surface area contributed by atoms with E-state index in [1.54, 1.807) is 6.07 Å². The highest BCUT2D eigenvalue weighted by atomic mass is 127. The average Bonchev–Trinajstić information content (AvgIpc) is 2.57. The average molecular weight is 472 g/mol. The molecule has 5 nitrogen and oxygen atoms in total. The Kier molecular flexibility index (Phi) is 5.81. The maximum Gasteiger partial charge on any atom is 0.275 e. The zero-order valence-electron chi connectivity index (χ0n) is 14.0. The number of carbonyl (C=O) groups is 1. The summed E-state index contributed by atoms with van der Waals surface area (Å²) in [6.07, 6.45) is 1.95. The summed E-state index contributed by atoms with van der Waals surface area (Å²) >= 11 is 8.08. The number of anilines is 2. The molecule has 2 heterocycles. The summed E-state index contributed by atoms with van der Waals surface area (Å²) in [4.78, 5) is 18.8. The number of carbonyl (C=O) groups excluding carboxylic acids is 1. The highest BCUT2D eigenvalue weighted by molar-refractivity contribution is 14.1. The molecule has 132 valence electrons. The number of nitrogens with zero attached hydrogens (tertiary/aromatic N) is 2. The van der Waals surface area contributed by atoms with E-state index in [1.807, 2.05) is 46.9 Å². The van der Waals surface area contributed by atoms with E-state index >= 15 is 0 Å². The predicted octanol–water partition coefficient (Wildman–Crippen LogP) is 4.21. The molecular weight excluding hydrogens is 453 g/mol. The van der Waals surface area contributed by atoms with Crippen LogP contribution < -0.4 is 10.2 Å². The van der Waals surface area contributed by atoms with Gasteiger partial charge in [-0.1, -0.05) is 11.6 Å². The minimum absolute atomic E-state index is 0.208. The lowest BCUT2D eigenvalue weighted by atomic mass is 10.2. The summed E-state index contributed by atoms with van der Waals surface area (Å²) in [5.74, 6) is -0.270. The van der Waals surface area contributed by atoms with Crippen LogP contribution in [0.5, 0.6) is 0 Å². The normalized spacial score (nSPS) is 20.4. The van der Waals surface area contributed by atoms with Gasteiger partial charge >= 0.3 is 0 Å². The van der Waals surface area contributed by atoms with E-state index in [9.17, 15) is 4.79 Å². The quantitative estimate of drug-likeness (QED) is 0.682. The Balaban J connectivity index is 1.70. The van der Waals surface area contributed by atoms with Crippen LogP contribution in [-0.2, 0) is 4.74 Å². The second kappa shape index (κ2) is 7.88. The van der Waals surface area contributed by atoms with E-state index in [4.69, 9.17) is 16.3 Å². The topological polar surface area (TPSA) is 54.5 Å². The van der Waals surface area contributed by atoms with Gasteiger partial charge < -0.3 is 15.0 Å². The van der Waals surface area contributed by atoms with Crippen LogP contribution in [0.25, 0.3) is 0 Å². The van der Waals surface area contributed by atoms with E-state index in [0.29, 0.717) is 14.3 Å². The number of amides is 1. The third-order valence-electron chi connectivity index (χ3n) is 3.97. The number of ether oxygens (including phenoxy) is 1. The molecule has 1 amide bonds. The first-order valence-electron chi connectivity index (χ1n) is 8.06. The van der Waals surface area contributed by atoms with Crippen LogP contribution in [0.3, 0.4) is 0 Å². The van der Waals surface area contributed by atoms with Crippen molar-refractivity contribution >= 4 is 51.5 Å². The van der Waals surface area contributed by atoms with E-state index < -0.39 is 0 Å². The summed E-state index contributed by atoms with van der Waals surface area (Å²) in [7, 11) is 0. The van der Waals surface area contributed by atoms with Crippen molar-refractivity contribution in [1.82, 2.24) is 4.98 Å². The predicted molar refractivity (Wildman–Crippen MR) is 109 cm³/mol. The minimum atomic E-state index is -0.270. The van der Waals surface area contributed by atoms with Gasteiger partial charge in [-0.25, -0.2) is 4.98 Å². The molecule has 7 heteroatoms. The fraction of sp³-hybridized carbons (Fsp3) is 0.333. The van der Waals surface area contributed by atoms with Crippen molar-refractivity contribution < 1.29 is 9.53 Å². The van der Waals surface area contributed by atoms with Gasteiger partial charge in [0.1, 0.15) is 5.69 Å². The first-order valence-corrected chi connectivity index (χ1v) is 9.51. The molecule has 0 radical (unpaired) electrons. The number of halogens is 2. The van der Waals surface area contributed by atoms with Gasteiger partial charge in [0.05, 0.1) is 20.8 Å². The zero-order valence-corrected chi connectivity index (χ0v) is 16.9. The number of nitrogens with one attached hydrogen (secondary N) is 1. The summed E-state index contributed by atoms with van der Waals surface area (Å²) in [6.45, 7) is 5.88. The molecule has 2 aromatic rings. The van der Waals surface area contributed by atoms with Crippen LogP contribution in [-0.4, -0.2) is 36.2 Å². The second-order valence-corrected chi connectivity index (χ2v) is 7.60. The van der Waals surface area contributed by atoms with Crippen LogP contribution in [0, 0.1) is 3.57 Å². The minimum Gasteiger partial charge on any atom is -0.372 e. The molecule has 2 atom stereocenters. The standard InChI is InChI=1S/C18H19ClIN3O2/c1-11-9-23(10-12(2)25-11)14-5-3-13(4-6-14)22-18(24)17-16(20)15(19)7-8-21-17/h3-8,11-12H,9-10H2,1-2H3,(H,22,24)/t11-,12+. The van der Waals surface area contributed by atoms with E-state index in [0.717, 1.165) is 24.5 Å². The summed E-state index contributed by atoms with van der Waals surface area (Å²) in [5.41, 5.74) is 2.17. The van der Waals surface area contributed by atoms with Gasteiger partial charge in [0.25, 0.3) is 5.91 Å². The molecule has 3 rings (SSSR count). The number of pyridine rings is 1. The number of hydrogen-bond acceptors (Lipinski definition) is 4. The summed E-state index contributed by atoms with van der Waals surface area (Å²) < 4.78 is 6.41. The lowest BCUT2D eigenvalue weighted by Gasteiger charge is -2.36. The van der Waals surface area contributed by atoms with Crippen molar-refractivity contribution in [3.63, 3.8) is 0 Å². The van der Waals surface area contributed by atoms with Gasteiger partial charge in [-0.2, -0.15) is 0 Å². The SMILES string of the molecule is C[C@@H]1CN(c2ccc(NC(=O)c3nccc(Cl)c3I)cc2)C[C@H](C)O1. The second-order valence-electron chi connectivity index (χ2n) is 6.12. The third kappa shape index (κ3) is 4.43. The van der Waals surface area contributed by atoms with Gasteiger partial charge in [-0.05, 0) is 66.8 Å². The molecule has 0 spiro atoms. The van der Waals surface area contributed by atoms with Crippen LogP contribution in [0.4, 0.5) is 11.4 Å². The van der Waals surface area contributed by atoms with Crippen molar-refractivity contribution in [2.75, 3.05) is 23.3 Å². The molecule has 1 saturated heterocycles.